The molecule has 1 unspecified atom stereocenters. The summed E-state index contributed by atoms with van der Waals surface area (Å²) in [5, 5.41) is 12.8. The van der Waals surface area contributed by atoms with Gasteiger partial charge in [0.05, 0.1) is 12.7 Å². The molecule has 1 amide bonds. The van der Waals surface area contributed by atoms with Crippen molar-refractivity contribution in [3.63, 3.8) is 0 Å². The van der Waals surface area contributed by atoms with Gasteiger partial charge in [0.25, 0.3) is 5.91 Å². The summed E-state index contributed by atoms with van der Waals surface area (Å²) in [7, 11) is 0. The topological polar surface area (TPSA) is 85.8 Å². The number of thiophene rings is 1. The molecule has 0 saturated carbocycles. The lowest BCUT2D eigenvalue weighted by Crippen LogP contribution is -2.41. The van der Waals surface area contributed by atoms with E-state index in [1.165, 1.54) is 4.88 Å². The van der Waals surface area contributed by atoms with Gasteiger partial charge in [-0.15, -0.1) is 16.4 Å². The van der Waals surface area contributed by atoms with E-state index in [4.69, 9.17) is 5.73 Å². The van der Waals surface area contributed by atoms with Crippen LogP contribution in [0, 0.1) is 5.92 Å². The van der Waals surface area contributed by atoms with Crippen LogP contribution in [-0.2, 0) is 6.54 Å². The quantitative estimate of drug-likeness (QED) is 0.811. The summed E-state index contributed by atoms with van der Waals surface area (Å²) in [6.07, 6.45) is 2.52. The lowest BCUT2D eigenvalue weighted by molar-refractivity contribution is 0.0928. The first-order valence-corrected chi connectivity index (χ1v) is 7.90. The lowest BCUT2D eigenvalue weighted by atomic mass is 10.0. The third kappa shape index (κ3) is 4.64. The molecule has 0 aliphatic rings. The van der Waals surface area contributed by atoms with Gasteiger partial charge >= 0.3 is 0 Å². The zero-order valence-electron chi connectivity index (χ0n) is 12.3. The van der Waals surface area contributed by atoms with Crippen LogP contribution in [0.3, 0.4) is 0 Å². The van der Waals surface area contributed by atoms with Crippen molar-refractivity contribution >= 4 is 17.2 Å². The Balaban J connectivity index is 1.95. The highest BCUT2D eigenvalue weighted by Crippen LogP contribution is 2.10. The number of carbonyl (C=O) groups excluding carboxylic acids is 1. The molecule has 1 atom stereocenters. The normalized spacial score (nSPS) is 12.6. The molecular formula is C14H21N5OS. The van der Waals surface area contributed by atoms with Crippen molar-refractivity contribution in [2.75, 3.05) is 6.54 Å². The summed E-state index contributed by atoms with van der Waals surface area (Å²) in [6, 6.07) is 3.99. The highest BCUT2D eigenvalue weighted by Gasteiger charge is 2.16. The number of hydrogen-bond donors (Lipinski definition) is 2. The molecule has 0 spiro atoms. The Hall–Kier alpha value is -1.73. The molecule has 3 N–H and O–H groups in total. The SMILES string of the molecule is CC(C)CC(CN)NC(=O)c1cn(Cc2cccs2)nn1. The van der Waals surface area contributed by atoms with Crippen molar-refractivity contribution in [2.45, 2.75) is 32.9 Å². The number of hydrogen-bond acceptors (Lipinski definition) is 5. The van der Waals surface area contributed by atoms with Crippen LogP contribution < -0.4 is 11.1 Å². The van der Waals surface area contributed by atoms with Gasteiger partial charge in [0.15, 0.2) is 5.69 Å². The van der Waals surface area contributed by atoms with E-state index >= 15 is 0 Å². The average Bonchev–Trinajstić information content (AvgIpc) is 3.09. The van der Waals surface area contributed by atoms with Crippen molar-refractivity contribution in [3.8, 4) is 0 Å². The Labute approximate surface area is 128 Å². The number of nitrogens with two attached hydrogens (primary N) is 1. The second kappa shape index (κ2) is 7.33. The highest BCUT2D eigenvalue weighted by molar-refractivity contribution is 7.09. The van der Waals surface area contributed by atoms with Gasteiger partial charge in [-0.05, 0) is 23.8 Å². The van der Waals surface area contributed by atoms with Crippen LogP contribution in [0.1, 0.15) is 35.6 Å². The maximum Gasteiger partial charge on any atom is 0.273 e. The fourth-order valence-corrected chi connectivity index (χ4v) is 2.78. The van der Waals surface area contributed by atoms with Gasteiger partial charge < -0.3 is 11.1 Å². The van der Waals surface area contributed by atoms with Crippen LogP contribution in [0.5, 0.6) is 0 Å². The molecule has 0 radical (unpaired) electrons. The summed E-state index contributed by atoms with van der Waals surface area (Å²) < 4.78 is 1.67. The molecule has 0 aromatic carbocycles. The Bertz CT molecular complexity index is 564. The molecule has 0 aliphatic carbocycles. The van der Waals surface area contributed by atoms with Gasteiger partial charge in [0.1, 0.15) is 0 Å². The number of nitrogens with zero attached hydrogens (tertiary/aromatic N) is 3. The minimum Gasteiger partial charge on any atom is -0.347 e. The molecular weight excluding hydrogens is 286 g/mol. The Kier molecular flexibility index (Phi) is 5.46. The highest BCUT2D eigenvalue weighted by atomic mass is 32.1. The Morgan fingerprint density at radius 1 is 1.52 bits per heavy atom. The molecule has 2 rings (SSSR count). The van der Waals surface area contributed by atoms with Crippen LogP contribution in [-0.4, -0.2) is 33.5 Å². The van der Waals surface area contributed by atoms with Crippen molar-refractivity contribution < 1.29 is 4.79 Å². The van der Waals surface area contributed by atoms with E-state index in [1.807, 2.05) is 17.5 Å². The number of rotatable bonds is 7. The molecule has 2 aromatic heterocycles. The van der Waals surface area contributed by atoms with Crippen LogP contribution in [0.4, 0.5) is 0 Å². The number of carbonyl (C=O) groups is 1. The van der Waals surface area contributed by atoms with Gasteiger partial charge in [-0.25, -0.2) is 4.68 Å². The van der Waals surface area contributed by atoms with E-state index in [2.05, 4.69) is 29.5 Å². The third-order valence-corrected chi connectivity index (χ3v) is 3.91. The predicted octanol–water partition coefficient (Wildman–Crippen LogP) is 1.49. The van der Waals surface area contributed by atoms with Crippen LogP contribution in [0.15, 0.2) is 23.7 Å². The fraction of sp³-hybridized carbons (Fsp3) is 0.500. The van der Waals surface area contributed by atoms with Gasteiger partial charge in [-0.1, -0.05) is 25.1 Å². The van der Waals surface area contributed by atoms with Crippen molar-refractivity contribution in [2.24, 2.45) is 11.7 Å². The monoisotopic (exact) mass is 307 g/mol. The summed E-state index contributed by atoms with van der Waals surface area (Å²) in [4.78, 5) is 13.3. The molecule has 0 aliphatic heterocycles. The van der Waals surface area contributed by atoms with Gasteiger partial charge in [-0.3, -0.25) is 4.79 Å². The summed E-state index contributed by atoms with van der Waals surface area (Å²) in [6.45, 7) is 5.26. The van der Waals surface area contributed by atoms with E-state index in [9.17, 15) is 4.79 Å². The number of aromatic nitrogens is 3. The summed E-state index contributed by atoms with van der Waals surface area (Å²) >= 11 is 1.65. The summed E-state index contributed by atoms with van der Waals surface area (Å²) in [5.41, 5.74) is 6.02. The molecule has 2 heterocycles. The third-order valence-electron chi connectivity index (χ3n) is 3.04. The molecule has 114 valence electrons. The van der Waals surface area contributed by atoms with Gasteiger partial charge in [0.2, 0.25) is 0 Å². The zero-order valence-corrected chi connectivity index (χ0v) is 13.1. The fourth-order valence-electron chi connectivity index (χ4n) is 2.08. The molecule has 2 aromatic rings. The molecule has 7 heteroatoms. The van der Waals surface area contributed by atoms with E-state index in [-0.39, 0.29) is 11.9 Å². The predicted molar refractivity (Wildman–Crippen MR) is 83.2 cm³/mol. The van der Waals surface area contributed by atoms with Crippen molar-refractivity contribution in [3.05, 3.63) is 34.3 Å². The van der Waals surface area contributed by atoms with Crippen LogP contribution >= 0.6 is 11.3 Å². The average molecular weight is 307 g/mol. The van der Waals surface area contributed by atoms with Crippen LogP contribution in [0.25, 0.3) is 0 Å². The number of amides is 1. The zero-order chi connectivity index (χ0) is 15.2. The van der Waals surface area contributed by atoms with Crippen LogP contribution in [0.2, 0.25) is 0 Å². The Morgan fingerprint density at radius 2 is 2.33 bits per heavy atom. The maximum absolute atomic E-state index is 12.1. The smallest absolute Gasteiger partial charge is 0.273 e. The molecule has 0 fully saturated rings. The molecule has 21 heavy (non-hydrogen) atoms. The van der Waals surface area contributed by atoms with E-state index < -0.39 is 0 Å². The summed E-state index contributed by atoms with van der Waals surface area (Å²) in [5.74, 6) is 0.261. The first-order chi connectivity index (χ1) is 10.1. The van der Waals surface area contributed by atoms with E-state index in [0.29, 0.717) is 24.7 Å². The minimum absolute atomic E-state index is 0.0278. The van der Waals surface area contributed by atoms with Gasteiger partial charge in [0, 0.05) is 17.5 Å². The standard InChI is InChI=1S/C14H21N5OS/c1-10(2)6-11(7-15)16-14(20)13-9-19(18-17-13)8-12-4-3-5-21-12/h3-5,9-11H,6-8,15H2,1-2H3,(H,16,20). The lowest BCUT2D eigenvalue weighted by Gasteiger charge is -2.17. The minimum atomic E-state index is -0.219. The molecule has 0 bridgehead atoms. The van der Waals surface area contributed by atoms with Crippen molar-refractivity contribution in [1.29, 1.82) is 0 Å². The van der Waals surface area contributed by atoms with Gasteiger partial charge in [-0.2, -0.15) is 0 Å². The maximum atomic E-state index is 12.1. The molecule has 0 saturated heterocycles. The van der Waals surface area contributed by atoms with E-state index in [0.717, 1.165) is 6.42 Å². The second-order valence-corrected chi connectivity index (χ2v) is 6.45. The largest absolute Gasteiger partial charge is 0.347 e. The second-order valence-electron chi connectivity index (χ2n) is 5.42. The van der Waals surface area contributed by atoms with E-state index in [1.54, 1.807) is 22.2 Å². The molecule has 6 nitrogen and oxygen atoms in total. The Morgan fingerprint density at radius 3 is 2.95 bits per heavy atom. The van der Waals surface area contributed by atoms with Crippen molar-refractivity contribution in [1.82, 2.24) is 20.3 Å². The number of nitrogens with one attached hydrogen (secondary N) is 1. The first kappa shape index (κ1) is 15.7. The first-order valence-electron chi connectivity index (χ1n) is 7.02.